The van der Waals surface area contributed by atoms with Crippen LogP contribution in [0, 0.1) is 0 Å². The van der Waals surface area contributed by atoms with E-state index in [1.165, 1.54) is 31.6 Å². The first-order valence-electron chi connectivity index (χ1n) is 6.63. The molecular weight excluding hydrogens is 294 g/mol. The summed E-state index contributed by atoms with van der Waals surface area (Å²) in [6.07, 6.45) is 0.248. The number of aliphatic hydroxyl groups is 1. The molecule has 0 heterocycles. The molecule has 0 aromatic heterocycles. The number of methoxy groups -OCH3 is 2. The van der Waals surface area contributed by atoms with Crippen LogP contribution in [0.1, 0.15) is 12.5 Å². The number of sulfonamides is 1. The molecule has 1 aromatic carbocycles. The summed E-state index contributed by atoms with van der Waals surface area (Å²) in [6, 6.07) is 4.46. The van der Waals surface area contributed by atoms with Crippen molar-refractivity contribution in [3.63, 3.8) is 0 Å². The van der Waals surface area contributed by atoms with Gasteiger partial charge in [0.1, 0.15) is 5.75 Å². The Morgan fingerprint density at radius 2 is 2.00 bits per heavy atom. The highest BCUT2D eigenvalue weighted by atomic mass is 32.2. The van der Waals surface area contributed by atoms with E-state index in [9.17, 15) is 8.42 Å². The monoisotopic (exact) mass is 317 g/mol. The van der Waals surface area contributed by atoms with Crippen LogP contribution in [0.2, 0.25) is 0 Å². The van der Waals surface area contributed by atoms with Crippen molar-refractivity contribution in [3.05, 3.63) is 23.8 Å². The van der Waals surface area contributed by atoms with Crippen molar-refractivity contribution in [2.45, 2.75) is 24.3 Å². The van der Waals surface area contributed by atoms with E-state index >= 15 is 0 Å². The van der Waals surface area contributed by atoms with E-state index in [-0.39, 0.29) is 24.0 Å². The summed E-state index contributed by atoms with van der Waals surface area (Å²) < 4.78 is 36.8. The second kappa shape index (κ2) is 7.74. The number of hydrogen-bond acceptors (Lipinski definition) is 5. The predicted octanol–water partition coefficient (Wildman–Crippen LogP) is 0.885. The van der Waals surface area contributed by atoms with Crippen LogP contribution >= 0.6 is 0 Å². The molecule has 7 heteroatoms. The topological polar surface area (TPSA) is 76.1 Å². The van der Waals surface area contributed by atoms with Crippen LogP contribution in [-0.4, -0.2) is 58.4 Å². The molecular formula is C14H23NO5S. The molecule has 1 atom stereocenters. The smallest absolute Gasteiger partial charge is 0.243 e. The van der Waals surface area contributed by atoms with Crippen molar-refractivity contribution in [2.75, 3.05) is 34.5 Å². The van der Waals surface area contributed by atoms with Crippen molar-refractivity contribution < 1.29 is 23.0 Å². The fraction of sp³-hybridized carbons (Fsp3) is 0.571. The summed E-state index contributed by atoms with van der Waals surface area (Å²) in [5.41, 5.74) is 0.535. The molecule has 1 N–H and O–H groups in total. The maximum atomic E-state index is 12.7. The maximum absolute atomic E-state index is 12.7. The van der Waals surface area contributed by atoms with Crippen LogP contribution < -0.4 is 4.74 Å². The fourth-order valence-electron chi connectivity index (χ4n) is 1.99. The zero-order valence-corrected chi connectivity index (χ0v) is 13.7. The first-order valence-corrected chi connectivity index (χ1v) is 8.07. The molecule has 0 saturated carbocycles. The second-order valence-electron chi connectivity index (χ2n) is 4.77. The van der Waals surface area contributed by atoms with Gasteiger partial charge in [0.05, 0.1) is 18.6 Å². The zero-order valence-electron chi connectivity index (χ0n) is 12.9. The lowest BCUT2D eigenvalue weighted by Gasteiger charge is -2.25. The molecule has 0 fully saturated rings. The number of likely N-dealkylation sites (N-methyl/N-ethyl adjacent to an activating group) is 1. The zero-order chi connectivity index (χ0) is 16.0. The molecule has 1 unspecified atom stereocenters. The average Bonchev–Trinajstić information content (AvgIpc) is 2.46. The van der Waals surface area contributed by atoms with Gasteiger partial charge in [0.15, 0.2) is 0 Å². The Morgan fingerprint density at radius 1 is 1.33 bits per heavy atom. The van der Waals surface area contributed by atoms with Crippen molar-refractivity contribution >= 4 is 10.0 Å². The summed E-state index contributed by atoms with van der Waals surface area (Å²) >= 11 is 0. The Hall–Kier alpha value is -1.15. The van der Waals surface area contributed by atoms with E-state index < -0.39 is 10.0 Å². The van der Waals surface area contributed by atoms with Gasteiger partial charge in [0.2, 0.25) is 10.0 Å². The van der Waals surface area contributed by atoms with Crippen LogP contribution in [0.25, 0.3) is 0 Å². The van der Waals surface area contributed by atoms with Gasteiger partial charge in [-0.2, -0.15) is 4.31 Å². The van der Waals surface area contributed by atoms with Crippen LogP contribution in [0.15, 0.2) is 23.1 Å². The fourth-order valence-corrected chi connectivity index (χ4v) is 3.57. The second-order valence-corrected chi connectivity index (χ2v) is 6.74. The van der Waals surface area contributed by atoms with Gasteiger partial charge in [-0.05, 0) is 37.1 Å². The SMILES string of the molecule is COCC(C)N(C)S(=O)(=O)c1ccc(OC)cc1CCO. The highest BCUT2D eigenvalue weighted by Crippen LogP contribution is 2.25. The number of aliphatic hydroxyl groups excluding tert-OH is 1. The number of hydrogen-bond donors (Lipinski definition) is 1. The molecule has 1 rings (SSSR count). The van der Waals surface area contributed by atoms with Crippen LogP contribution in [0.3, 0.4) is 0 Å². The van der Waals surface area contributed by atoms with E-state index in [1.54, 1.807) is 19.1 Å². The van der Waals surface area contributed by atoms with E-state index in [1.807, 2.05) is 0 Å². The van der Waals surface area contributed by atoms with E-state index in [0.29, 0.717) is 17.9 Å². The lowest BCUT2D eigenvalue weighted by molar-refractivity contribution is 0.149. The Labute approximate surface area is 126 Å². The molecule has 0 aliphatic heterocycles. The molecule has 0 aliphatic rings. The van der Waals surface area contributed by atoms with E-state index in [4.69, 9.17) is 14.6 Å². The van der Waals surface area contributed by atoms with Crippen molar-refractivity contribution in [1.29, 1.82) is 0 Å². The van der Waals surface area contributed by atoms with Gasteiger partial charge >= 0.3 is 0 Å². The summed E-state index contributed by atoms with van der Waals surface area (Å²) in [4.78, 5) is 0.183. The predicted molar refractivity (Wildman–Crippen MR) is 80.1 cm³/mol. The van der Waals surface area contributed by atoms with E-state index in [2.05, 4.69) is 0 Å². The number of nitrogens with zero attached hydrogens (tertiary/aromatic N) is 1. The largest absolute Gasteiger partial charge is 0.497 e. The Kier molecular flexibility index (Phi) is 6.60. The molecule has 21 heavy (non-hydrogen) atoms. The normalized spacial score (nSPS) is 13.4. The van der Waals surface area contributed by atoms with Crippen LogP contribution in [0.4, 0.5) is 0 Å². The van der Waals surface area contributed by atoms with Gasteiger partial charge in [0.25, 0.3) is 0 Å². The molecule has 0 bridgehead atoms. The third-order valence-electron chi connectivity index (χ3n) is 3.33. The molecule has 0 aliphatic carbocycles. The first kappa shape index (κ1) is 17.9. The lowest BCUT2D eigenvalue weighted by Crippen LogP contribution is -2.38. The first-order chi connectivity index (χ1) is 9.88. The molecule has 0 radical (unpaired) electrons. The van der Waals surface area contributed by atoms with Crippen LogP contribution in [-0.2, 0) is 21.2 Å². The van der Waals surface area contributed by atoms with Crippen molar-refractivity contribution in [1.82, 2.24) is 4.31 Å². The number of benzene rings is 1. The Bertz CT molecular complexity index is 558. The minimum atomic E-state index is -3.65. The Morgan fingerprint density at radius 3 is 2.52 bits per heavy atom. The van der Waals surface area contributed by atoms with E-state index in [0.717, 1.165) is 0 Å². The number of ether oxygens (including phenoxy) is 2. The highest BCUT2D eigenvalue weighted by Gasteiger charge is 2.27. The summed E-state index contributed by atoms with van der Waals surface area (Å²) in [6.45, 7) is 1.95. The summed E-state index contributed by atoms with van der Waals surface area (Å²) in [5, 5.41) is 9.14. The Balaban J connectivity index is 3.23. The molecule has 0 spiro atoms. The molecule has 120 valence electrons. The minimum absolute atomic E-state index is 0.132. The van der Waals surface area contributed by atoms with Gasteiger partial charge in [-0.25, -0.2) is 8.42 Å². The standard InChI is InChI=1S/C14H23NO5S/c1-11(10-19-3)15(2)21(17,18)14-6-5-13(20-4)9-12(14)7-8-16/h5-6,9,11,16H,7-8,10H2,1-4H3. The number of rotatable bonds is 8. The van der Waals surface area contributed by atoms with Crippen LogP contribution in [0.5, 0.6) is 5.75 Å². The van der Waals surface area contributed by atoms with Crippen molar-refractivity contribution in [2.24, 2.45) is 0 Å². The van der Waals surface area contributed by atoms with Gasteiger partial charge < -0.3 is 14.6 Å². The molecule has 6 nitrogen and oxygen atoms in total. The average molecular weight is 317 g/mol. The van der Waals surface area contributed by atoms with Crippen molar-refractivity contribution in [3.8, 4) is 5.75 Å². The van der Waals surface area contributed by atoms with Gasteiger partial charge in [-0.1, -0.05) is 0 Å². The van der Waals surface area contributed by atoms with Gasteiger partial charge in [0, 0.05) is 26.8 Å². The molecule has 0 amide bonds. The van der Waals surface area contributed by atoms with Gasteiger partial charge in [-0.15, -0.1) is 0 Å². The summed E-state index contributed by atoms with van der Waals surface area (Å²) in [5.74, 6) is 0.560. The highest BCUT2D eigenvalue weighted by molar-refractivity contribution is 7.89. The molecule has 0 saturated heterocycles. The molecule has 1 aromatic rings. The quantitative estimate of drug-likeness (QED) is 0.770. The third kappa shape index (κ3) is 4.16. The third-order valence-corrected chi connectivity index (χ3v) is 5.41. The summed E-state index contributed by atoms with van der Waals surface area (Å²) in [7, 11) is 0.910. The van der Waals surface area contributed by atoms with Gasteiger partial charge in [-0.3, -0.25) is 0 Å². The lowest BCUT2D eigenvalue weighted by atomic mass is 10.1. The maximum Gasteiger partial charge on any atom is 0.243 e. The minimum Gasteiger partial charge on any atom is -0.497 e.